The molecule has 1 saturated heterocycles. The highest BCUT2D eigenvalue weighted by Crippen LogP contribution is 2.54. The maximum absolute atomic E-state index is 13.4. The van der Waals surface area contributed by atoms with Crippen molar-refractivity contribution < 1.29 is 33.5 Å². The minimum atomic E-state index is -2.06. The molecular weight excluding hydrogens is 432 g/mol. The maximum Gasteiger partial charge on any atom is 0.338 e. The highest BCUT2D eigenvalue weighted by Gasteiger charge is 2.68. The predicted octanol–water partition coefficient (Wildman–Crippen LogP) is 2.42. The largest absolute Gasteiger partial charge is 0.464 e. The van der Waals surface area contributed by atoms with Crippen molar-refractivity contribution in [1.82, 2.24) is 5.32 Å². The lowest BCUT2D eigenvalue weighted by Crippen LogP contribution is -2.59. The molecule has 0 aromatic heterocycles. The summed E-state index contributed by atoms with van der Waals surface area (Å²) in [5.74, 6) is -4.43. The second-order valence-corrected chi connectivity index (χ2v) is 7.69. The third-order valence-electron chi connectivity index (χ3n) is 5.94. The first-order chi connectivity index (χ1) is 15.8. The average Bonchev–Trinajstić information content (AvgIpc) is 3.18. The summed E-state index contributed by atoms with van der Waals surface area (Å²) in [6.45, 7) is 3.18. The van der Waals surface area contributed by atoms with Gasteiger partial charge >= 0.3 is 17.9 Å². The standard InChI is InChI=1S/C23H22N2O8/c1-3-31-21(27)23(22(28)32-4-2)18(13-8-6-5-7-9-13)17-19(24-23)15-12-14(25(29)30)10-11-16(15)33-20(17)26/h5-12,17-19,24H,3-4H2,1-2H3/t17-,18-,19-/m0/s1. The Morgan fingerprint density at radius 1 is 1.09 bits per heavy atom. The van der Waals surface area contributed by atoms with Gasteiger partial charge in [0.1, 0.15) is 5.75 Å². The zero-order chi connectivity index (χ0) is 23.8. The quantitative estimate of drug-likeness (QED) is 0.230. The summed E-state index contributed by atoms with van der Waals surface area (Å²) in [7, 11) is 0. The molecular formula is C23H22N2O8. The van der Waals surface area contributed by atoms with Gasteiger partial charge in [-0.3, -0.25) is 20.2 Å². The lowest BCUT2D eigenvalue weighted by Gasteiger charge is -2.32. The molecule has 10 nitrogen and oxygen atoms in total. The summed E-state index contributed by atoms with van der Waals surface area (Å²) in [5.41, 5.74) is -1.46. The SMILES string of the molecule is CCOC(=O)C1(C(=O)OCC)N[C@H]2c3cc([N+](=O)[O-])ccc3OC(=O)[C@H]2[C@@H]1c1ccccc1. The van der Waals surface area contributed by atoms with E-state index in [1.165, 1.54) is 18.2 Å². The molecule has 10 heteroatoms. The highest BCUT2D eigenvalue weighted by molar-refractivity contribution is 6.08. The number of carbonyl (C=O) groups is 3. The zero-order valence-electron chi connectivity index (χ0n) is 18.0. The van der Waals surface area contributed by atoms with Gasteiger partial charge in [0, 0.05) is 23.6 Å². The van der Waals surface area contributed by atoms with E-state index in [0.29, 0.717) is 11.1 Å². The number of nitrogens with one attached hydrogen (secondary N) is 1. The van der Waals surface area contributed by atoms with Crippen LogP contribution in [-0.2, 0) is 23.9 Å². The molecule has 3 atom stereocenters. The average molecular weight is 454 g/mol. The number of ether oxygens (including phenoxy) is 3. The number of rotatable bonds is 6. The van der Waals surface area contributed by atoms with Crippen molar-refractivity contribution in [3.8, 4) is 5.75 Å². The Balaban J connectivity index is 1.96. The van der Waals surface area contributed by atoms with Crippen LogP contribution < -0.4 is 10.1 Å². The number of carbonyl (C=O) groups excluding carboxylic acids is 3. The fourth-order valence-electron chi connectivity index (χ4n) is 4.65. The number of fused-ring (bicyclic) bond motifs is 3. The molecule has 0 saturated carbocycles. The van der Waals surface area contributed by atoms with E-state index in [9.17, 15) is 24.5 Å². The topological polar surface area (TPSA) is 134 Å². The van der Waals surface area contributed by atoms with Crippen molar-refractivity contribution in [3.63, 3.8) is 0 Å². The highest BCUT2D eigenvalue weighted by atomic mass is 16.6. The summed E-state index contributed by atoms with van der Waals surface area (Å²) in [4.78, 5) is 50.7. The van der Waals surface area contributed by atoms with Gasteiger partial charge in [-0.05, 0) is 25.5 Å². The van der Waals surface area contributed by atoms with E-state index >= 15 is 0 Å². The Bertz CT molecular complexity index is 1100. The summed E-state index contributed by atoms with van der Waals surface area (Å²) in [6.07, 6.45) is 0. The Morgan fingerprint density at radius 2 is 1.73 bits per heavy atom. The van der Waals surface area contributed by atoms with E-state index in [1.54, 1.807) is 44.2 Å². The minimum Gasteiger partial charge on any atom is -0.464 e. The van der Waals surface area contributed by atoms with Crippen molar-refractivity contribution in [2.24, 2.45) is 5.92 Å². The Hall–Kier alpha value is -3.79. The molecule has 2 aliphatic rings. The first kappa shape index (κ1) is 22.4. The molecule has 0 radical (unpaired) electrons. The lowest BCUT2D eigenvalue weighted by atomic mass is 9.73. The molecule has 0 aliphatic carbocycles. The van der Waals surface area contributed by atoms with Crippen LogP contribution in [0.2, 0.25) is 0 Å². The van der Waals surface area contributed by atoms with Crippen LogP contribution in [0.25, 0.3) is 0 Å². The molecule has 4 rings (SSSR count). The molecule has 2 aromatic rings. The van der Waals surface area contributed by atoms with Crippen molar-refractivity contribution in [1.29, 1.82) is 0 Å². The second kappa shape index (κ2) is 8.62. The van der Waals surface area contributed by atoms with Gasteiger partial charge in [-0.1, -0.05) is 30.3 Å². The van der Waals surface area contributed by atoms with E-state index in [-0.39, 0.29) is 24.7 Å². The first-order valence-corrected chi connectivity index (χ1v) is 10.5. The van der Waals surface area contributed by atoms with Gasteiger partial charge in [-0.2, -0.15) is 0 Å². The van der Waals surface area contributed by atoms with Crippen LogP contribution in [-0.4, -0.2) is 41.6 Å². The number of hydrogen-bond donors (Lipinski definition) is 1. The zero-order valence-corrected chi connectivity index (χ0v) is 18.0. The van der Waals surface area contributed by atoms with Crippen LogP contribution >= 0.6 is 0 Å². The van der Waals surface area contributed by atoms with Crippen LogP contribution in [0.4, 0.5) is 5.69 Å². The van der Waals surface area contributed by atoms with Crippen molar-refractivity contribution in [2.45, 2.75) is 31.3 Å². The number of esters is 3. The predicted molar refractivity (Wildman–Crippen MR) is 113 cm³/mol. The number of hydrogen-bond acceptors (Lipinski definition) is 9. The summed E-state index contributed by atoms with van der Waals surface area (Å²) in [6, 6.07) is 11.5. The third kappa shape index (κ3) is 3.52. The summed E-state index contributed by atoms with van der Waals surface area (Å²) >= 11 is 0. The number of nitro groups is 1. The van der Waals surface area contributed by atoms with Gasteiger partial charge in [0.2, 0.25) is 5.54 Å². The molecule has 0 spiro atoms. The van der Waals surface area contributed by atoms with Crippen molar-refractivity contribution in [3.05, 3.63) is 69.8 Å². The number of nitro benzene ring substituents is 1. The van der Waals surface area contributed by atoms with E-state index < -0.39 is 46.2 Å². The first-order valence-electron chi connectivity index (χ1n) is 10.5. The van der Waals surface area contributed by atoms with Crippen LogP contribution in [0.15, 0.2) is 48.5 Å². The van der Waals surface area contributed by atoms with Gasteiger partial charge < -0.3 is 14.2 Å². The van der Waals surface area contributed by atoms with Gasteiger partial charge in [0.05, 0.1) is 30.1 Å². The molecule has 0 amide bonds. The van der Waals surface area contributed by atoms with Crippen LogP contribution in [0.1, 0.15) is 36.9 Å². The maximum atomic E-state index is 13.4. The molecule has 33 heavy (non-hydrogen) atoms. The molecule has 1 fully saturated rings. The smallest absolute Gasteiger partial charge is 0.338 e. The monoisotopic (exact) mass is 454 g/mol. The minimum absolute atomic E-state index is 0.00891. The van der Waals surface area contributed by atoms with Crippen LogP contribution in [0, 0.1) is 16.0 Å². The molecule has 2 heterocycles. The molecule has 172 valence electrons. The van der Waals surface area contributed by atoms with Gasteiger partial charge in [-0.15, -0.1) is 0 Å². The van der Waals surface area contributed by atoms with Crippen LogP contribution in [0.3, 0.4) is 0 Å². The fraction of sp³-hybridized carbons (Fsp3) is 0.348. The Kier molecular flexibility index (Phi) is 5.86. The number of benzene rings is 2. The van der Waals surface area contributed by atoms with Gasteiger partial charge in [-0.25, -0.2) is 9.59 Å². The molecule has 0 bridgehead atoms. The molecule has 2 aromatic carbocycles. The van der Waals surface area contributed by atoms with Gasteiger partial charge in [0.15, 0.2) is 0 Å². The molecule has 0 unspecified atom stereocenters. The van der Waals surface area contributed by atoms with Crippen molar-refractivity contribution in [2.75, 3.05) is 13.2 Å². The Morgan fingerprint density at radius 3 is 2.30 bits per heavy atom. The normalized spacial score (nSPS) is 22.5. The number of nitrogens with zero attached hydrogens (tertiary/aromatic N) is 1. The van der Waals surface area contributed by atoms with E-state index in [0.717, 1.165) is 0 Å². The van der Waals surface area contributed by atoms with Crippen LogP contribution in [0.5, 0.6) is 5.75 Å². The van der Waals surface area contributed by atoms with Gasteiger partial charge in [0.25, 0.3) is 5.69 Å². The van der Waals surface area contributed by atoms with E-state index in [4.69, 9.17) is 14.2 Å². The lowest BCUT2D eigenvalue weighted by molar-refractivity contribution is -0.385. The fourth-order valence-corrected chi connectivity index (χ4v) is 4.65. The van der Waals surface area contributed by atoms with E-state index in [1.807, 2.05) is 0 Å². The summed E-state index contributed by atoms with van der Waals surface area (Å²) < 4.78 is 16.1. The van der Waals surface area contributed by atoms with E-state index in [2.05, 4.69) is 5.32 Å². The number of non-ortho nitro benzene ring substituents is 1. The third-order valence-corrected chi connectivity index (χ3v) is 5.94. The molecule has 1 N–H and O–H groups in total. The molecule has 2 aliphatic heterocycles. The second-order valence-electron chi connectivity index (χ2n) is 7.69. The Labute approximate surface area is 189 Å². The summed E-state index contributed by atoms with van der Waals surface area (Å²) in [5, 5.41) is 14.4. The van der Waals surface area contributed by atoms with Crippen molar-refractivity contribution >= 4 is 23.6 Å².